The number of benzene rings is 1. The lowest BCUT2D eigenvalue weighted by Crippen LogP contribution is -2.25. The predicted octanol–water partition coefficient (Wildman–Crippen LogP) is 2.28. The van der Waals surface area contributed by atoms with Crippen molar-refractivity contribution >= 4 is 22.4 Å². The highest BCUT2D eigenvalue weighted by molar-refractivity contribution is 7.89. The molecule has 1 aromatic carbocycles. The monoisotopic (exact) mass is 350 g/mol. The molecular formula is C11H15ClF4N2O2S. The zero-order valence-corrected chi connectivity index (χ0v) is 12.4. The van der Waals surface area contributed by atoms with E-state index in [2.05, 4.69) is 4.72 Å². The summed E-state index contributed by atoms with van der Waals surface area (Å²) in [5, 5.41) is 0. The summed E-state index contributed by atoms with van der Waals surface area (Å²) < 4.78 is 75.9. The second-order valence-electron chi connectivity index (χ2n) is 4.03. The molecule has 1 rings (SSSR count). The molecule has 0 saturated carbocycles. The quantitative estimate of drug-likeness (QED) is 0.610. The first-order valence-electron chi connectivity index (χ1n) is 5.75. The Bertz CT molecular complexity index is 564. The van der Waals surface area contributed by atoms with Crippen LogP contribution in [0.15, 0.2) is 23.1 Å². The molecule has 0 heterocycles. The van der Waals surface area contributed by atoms with Crippen LogP contribution in [-0.4, -0.2) is 21.5 Å². The van der Waals surface area contributed by atoms with Gasteiger partial charge in [0.05, 0.1) is 10.5 Å². The molecule has 0 atom stereocenters. The van der Waals surface area contributed by atoms with E-state index in [1.54, 1.807) is 0 Å². The van der Waals surface area contributed by atoms with Crippen LogP contribution in [0, 0.1) is 5.82 Å². The number of halogens is 5. The number of rotatable bonds is 6. The first-order valence-corrected chi connectivity index (χ1v) is 7.23. The van der Waals surface area contributed by atoms with Gasteiger partial charge in [-0.2, -0.15) is 13.2 Å². The van der Waals surface area contributed by atoms with Gasteiger partial charge in [0, 0.05) is 6.54 Å². The van der Waals surface area contributed by atoms with E-state index in [0.29, 0.717) is 31.5 Å². The van der Waals surface area contributed by atoms with Crippen molar-refractivity contribution in [2.45, 2.75) is 23.9 Å². The van der Waals surface area contributed by atoms with Crippen molar-refractivity contribution in [3.8, 4) is 0 Å². The van der Waals surface area contributed by atoms with E-state index in [-0.39, 0.29) is 19.0 Å². The minimum atomic E-state index is -4.86. The van der Waals surface area contributed by atoms with Crippen LogP contribution in [0.2, 0.25) is 0 Å². The van der Waals surface area contributed by atoms with Gasteiger partial charge in [-0.05, 0) is 37.6 Å². The third kappa shape index (κ3) is 5.77. The summed E-state index contributed by atoms with van der Waals surface area (Å²) in [5.74, 6) is -1.62. The van der Waals surface area contributed by atoms with E-state index in [0.717, 1.165) is 6.07 Å². The second kappa shape index (κ2) is 7.92. The number of hydrogen-bond acceptors (Lipinski definition) is 3. The van der Waals surface area contributed by atoms with Gasteiger partial charge in [0.15, 0.2) is 0 Å². The number of nitrogens with one attached hydrogen (secondary N) is 1. The molecule has 21 heavy (non-hydrogen) atoms. The summed E-state index contributed by atoms with van der Waals surface area (Å²) in [6.45, 7) is 0.485. The van der Waals surface area contributed by atoms with Crippen LogP contribution in [0.25, 0.3) is 0 Å². The summed E-state index contributed by atoms with van der Waals surface area (Å²) in [7, 11) is -4.02. The average Bonchev–Trinajstić information content (AvgIpc) is 2.33. The largest absolute Gasteiger partial charge is 0.419 e. The van der Waals surface area contributed by atoms with E-state index in [9.17, 15) is 26.0 Å². The molecule has 122 valence electrons. The Morgan fingerprint density at radius 1 is 1.19 bits per heavy atom. The summed E-state index contributed by atoms with van der Waals surface area (Å²) in [5.41, 5.74) is 3.73. The van der Waals surface area contributed by atoms with E-state index < -0.39 is 32.5 Å². The Morgan fingerprint density at radius 3 is 2.29 bits per heavy atom. The molecule has 0 aliphatic heterocycles. The molecule has 4 nitrogen and oxygen atoms in total. The maximum atomic E-state index is 13.3. The number of unbranched alkanes of at least 4 members (excludes halogenated alkanes) is 1. The van der Waals surface area contributed by atoms with Crippen LogP contribution >= 0.6 is 12.4 Å². The molecule has 0 aromatic heterocycles. The van der Waals surface area contributed by atoms with Crippen molar-refractivity contribution < 1.29 is 26.0 Å². The lowest BCUT2D eigenvalue weighted by atomic mass is 10.2. The smallest absolute Gasteiger partial charge is 0.330 e. The van der Waals surface area contributed by atoms with Crippen LogP contribution in [0.4, 0.5) is 17.6 Å². The Labute approximate surface area is 126 Å². The van der Waals surface area contributed by atoms with Crippen LogP contribution in [0.5, 0.6) is 0 Å². The van der Waals surface area contributed by atoms with Gasteiger partial charge in [0.2, 0.25) is 10.0 Å². The average molecular weight is 351 g/mol. The van der Waals surface area contributed by atoms with Crippen molar-refractivity contribution in [3.63, 3.8) is 0 Å². The number of alkyl halides is 3. The van der Waals surface area contributed by atoms with Crippen molar-refractivity contribution in [1.29, 1.82) is 0 Å². The van der Waals surface area contributed by atoms with Crippen molar-refractivity contribution in [2.75, 3.05) is 13.1 Å². The van der Waals surface area contributed by atoms with Crippen LogP contribution < -0.4 is 10.5 Å². The molecule has 0 unspecified atom stereocenters. The zero-order chi connectivity index (χ0) is 15.4. The fraction of sp³-hybridized carbons (Fsp3) is 0.455. The van der Waals surface area contributed by atoms with E-state index in [4.69, 9.17) is 5.73 Å². The van der Waals surface area contributed by atoms with Crippen LogP contribution in [0.1, 0.15) is 18.4 Å². The Kier molecular flexibility index (Phi) is 7.58. The molecule has 0 amide bonds. The predicted molar refractivity (Wildman–Crippen MR) is 72.1 cm³/mol. The third-order valence-electron chi connectivity index (χ3n) is 2.48. The van der Waals surface area contributed by atoms with Gasteiger partial charge in [0.25, 0.3) is 0 Å². The summed E-state index contributed by atoms with van der Waals surface area (Å²) in [6.07, 6.45) is -3.77. The number of nitrogens with two attached hydrogens (primary N) is 1. The fourth-order valence-electron chi connectivity index (χ4n) is 1.45. The normalized spacial score (nSPS) is 12.0. The highest BCUT2D eigenvalue weighted by atomic mass is 35.5. The molecule has 0 fully saturated rings. The van der Waals surface area contributed by atoms with Gasteiger partial charge in [0.1, 0.15) is 5.82 Å². The van der Waals surface area contributed by atoms with E-state index in [1.165, 1.54) is 0 Å². The molecule has 0 aliphatic rings. The van der Waals surface area contributed by atoms with Gasteiger partial charge in [-0.25, -0.2) is 17.5 Å². The maximum Gasteiger partial charge on any atom is 0.419 e. The Balaban J connectivity index is 0.00000400. The molecule has 1 aromatic rings. The molecule has 10 heteroatoms. The number of hydrogen-bond donors (Lipinski definition) is 2. The standard InChI is InChI=1S/C11H14F4N2O2S.ClH/c12-10-7-8(3-4-9(10)11(13,14)15)20(18,19)17-6-2-1-5-16;/h3-4,7,17H,1-2,5-6,16H2;1H. The summed E-state index contributed by atoms with van der Waals surface area (Å²) in [6, 6.07) is 1.48. The van der Waals surface area contributed by atoms with Gasteiger partial charge >= 0.3 is 6.18 Å². The molecular weight excluding hydrogens is 336 g/mol. The van der Waals surface area contributed by atoms with Gasteiger partial charge in [-0.15, -0.1) is 12.4 Å². The molecule has 3 N–H and O–H groups in total. The molecule has 0 aliphatic carbocycles. The Hall–Kier alpha value is -0.900. The maximum absolute atomic E-state index is 13.3. The van der Waals surface area contributed by atoms with Crippen molar-refractivity contribution in [1.82, 2.24) is 4.72 Å². The van der Waals surface area contributed by atoms with Crippen LogP contribution in [-0.2, 0) is 16.2 Å². The minimum Gasteiger partial charge on any atom is -0.330 e. The van der Waals surface area contributed by atoms with E-state index in [1.807, 2.05) is 0 Å². The van der Waals surface area contributed by atoms with Gasteiger partial charge in [-0.3, -0.25) is 0 Å². The second-order valence-corrected chi connectivity index (χ2v) is 5.80. The Morgan fingerprint density at radius 2 is 1.81 bits per heavy atom. The van der Waals surface area contributed by atoms with E-state index >= 15 is 0 Å². The van der Waals surface area contributed by atoms with Crippen LogP contribution in [0.3, 0.4) is 0 Å². The fourth-order valence-corrected chi connectivity index (χ4v) is 2.54. The van der Waals surface area contributed by atoms with Crippen molar-refractivity contribution in [3.05, 3.63) is 29.6 Å². The lowest BCUT2D eigenvalue weighted by molar-refractivity contribution is -0.140. The third-order valence-corrected chi connectivity index (χ3v) is 3.94. The summed E-state index contributed by atoms with van der Waals surface area (Å²) >= 11 is 0. The number of sulfonamides is 1. The van der Waals surface area contributed by atoms with Gasteiger partial charge in [-0.1, -0.05) is 0 Å². The zero-order valence-electron chi connectivity index (χ0n) is 10.8. The summed E-state index contributed by atoms with van der Waals surface area (Å²) in [4.78, 5) is -0.546. The van der Waals surface area contributed by atoms with Crippen molar-refractivity contribution in [2.24, 2.45) is 5.73 Å². The molecule has 0 saturated heterocycles. The molecule has 0 radical (unpaired) electrons. The van der Waals surface area contributed by atoms with Gasteiger partial charge < -0.3 is 5.73 Å². The lowest BCUT2D eigenvalue weighted by Gasteiger charge is -2.10. The first kappa shape index (κ1) is 20.1. The SMILES string of the molecule is Cl.NCCCCNS(=O)(=O)c1ccc(C(F)(F)F)c(F)c1. The minimum absolute atomic E-state index is 0. The highest BCUT2D eigenvalue weighted by Gasteiger charge is 2.34. The topological polar surface area (TPSA) is 72.2 Å². The molecule has 0 spiro atoms. The highest BCUT2D eigenvalue weighted by Crippen LogP contribution is 2.32. The molecule has 0 bridgehead atoms. The first-order chi connectivity index (χ1) is 9.18.